The van der Waals surface area contributed by atoms with Crippen molar-refractivity contribution in [2.45, 2.75) is 37.0 Å². The fraction of sp³-hybridized carbons (Fsp3) is 0.500. The lowest BCUT2D eigenvalue weighted by Gasteiger charge is -2.20. The van der Waals surface area contributed by atoms with Crippen LogP contribution in [0.4, 0.5) is 0 Å². The summed E-state index contributed by atoms with van der Waals surface area (Å²) in [6.07, 6.45) is 5.15. The Morgan fingerprint density at radius 2 is 1.96 bits per heavy atom. The Bertz CT molecular complexity index is 812. The highest BCUT2D eigenvalue weighted by Crippen LogP contribution is 2.49. The molecule has 2 amide bonds. The maximum Gasteiger partial charge on any atom is 0.269 e. The SMILES string of the molecule is NS(=O)(=O)c1cc(C(=O)NNC(=O)C[C@@H]2C[C@H]3CC[C@@H]2C3)ccc1Cl. The van der Waals surface area contributed by atoms with Crippen molar-refractivity contribution in [3.63, 3.8) is 0 Å². The van der Waals surface area contributed by atoms with Crippen LogP contribution in [0.15, 0.2) is 23.1 Å². The molecule has 2 bridgehead atoms. The van der Waals surface area contributed by atoms with Gasteiger partial charge in [-0.2, -0.15) is 0 Å². The number of nitrogens with two attached hydrogens (primary N) is 1. The standard InChI is InChI=1S/C16H20ClN3O4S/c17-13-4-3-11(7-14(13)25(18,23)24)16(22)20-19-15(21)8-12-6-9-1-2-10(12)5-9/h3-4,7,9-10,12H,1-2,5-6,8H2,(H,19,21)(H,20,22)(H2,18,23,24)/t9-,10+,12-/m0/s1. The van der Waals surface area contributed by atoms with Gasteiger partial charge < -0.3 is 0 Å². The van der Waals surface area contributed by atoms with E-state index in [2.05, 4.69) is 10.9 Å². The van der Waals surface area contributed by atoms with Crippen molar-refractivity contribution in [2.75, 3.05) is 0 Å². The largest absolute Gasteiger partial charge is 0.273 e. The van der Waals surface area contributed by atoms with Crippen LogP contribution in [0.1, 0.15) is 42.5 Å². The van der Waals surface area contributed by atoms with Gasteiger partial charge in [0, 0.05) is 12.0 Å². The summed E-state index contributed by atoms with van der Waals surface area (Å²) in [5, 5.41) is 4.99. The molecule has 2 aliphatic rings. The number of fused-ring (bicyclic) bond motifs is 2. The second-order valence-electron chi connectivity index (χ2n) is 6.83. The van der Waals surface area contributed by atoms with Gasteiger partial charge in [-0.05, 0) is 55.2 Å². The minimum Gasteiger partial charge on any atom is -0.273 e. The molecule has 2 fully saturated rings. The van der Waals surface area contributed by atoms with Gasteiger partial charge in [-0.3, -0.25) is 20.4 Å². The summed E-state index contributed by atoms with van der Waals surface area (Å²) in [7, 11) is -4.04. The molecule has 25 heavy (non-hydrogen) atoms. The first kappa shape index (κ1) is 18.2. The second kappa shape index (κ2) is 6.93. The van der Waals surface area contributed by atoms with E-state index < -0.39 is 15.9 Å². The van der Waals surface area contributed by atoms with Gasteiger partial charge in [-0.15, -0.1) is 0 Å². The van der Waals surface area contributed by atoms with Crippen molar-refractivity contribution in [3.05, 3.63) is 28.8 Å². The molecule has 1 aromatic rings. The van der Waals surface area contributed by atoms with Crippen LogP contribution in [-0.2, 0) is 14.8 Å². The number of carbonyl (C=O) groups excluding carboxylic acids is 2. The highest BCUT2D eigenvalue weighted by Gasteiger charge is 2.40. The fourth-order valence-electron chi connectivity index (χ4n) is 3.98. The number of benzene rings is 1. The van der Waals surface area contributed by atoms with Crippen LogP contribution in [0.5, 0.6) is 0 Å². The first-order chi connectivity index (χ1) is 11.7. The Balaban J connectivity index is 1.56. The number of hydrogen-bond acceptors (Lipinski definition) is 4. The predicted octanol–water partition coefficient (Wildman–Crippen LogP) is 1.57. The summed E-state index contributed by atoms with van der Waals surface area (Å²) >= 11 is 5.78. The Hall–Kier alpha value is -1.64. The van der Waals surface area contributed by atoms with Gasteiger partial charge in [0.1, 0.15) is 4.90 Å². The molecule has 3 atom stereocenters. The number of halogens is 1. The number of hydrogen-bond donors (Lipinski definition) is 3. The lowest BCUT2D eigenvalue weighted by Crippen LogP contribution is -2.42. The fourth-order valence-corrected chi connectivity index (χ4v) is 5.05. The molecule has 0 heterocycles. The lowest BCUT2D eigenvalue weighted by atomic mass is 9.86. The maximum absolute atomic E-state index is 12.1. The van der Waals surface area contributed by atoms with E-state index in [0.717, 1.165) is 18.4 Å². The van der Waals surface area contributed by atoms with Crippen molar-refractivity contribution in [1.82, 2.24) is 10.9 Å². The summed E-state index contributed by atoms with van der Waals surface area (Å²) < 4.78 is 22.9. The third-order valence-electron chi connectivity index (χ3n) is 5.15. The molecule has 0 aliphatic heterocycles. The van der Waals surface area contributed by atoms with E-state index in [1.807, 2.05) is 0 Å². The minimum absolute atomic E-state index is 0.0358. The van der Waals surface area contributed by atoms with Gasteiger partial charge in [0.2, 0.25) is 15.9 Å². The van der Waals surface area contributed by atoms with Crippen LogP contribution in [-0.4, -0.2) is 20.2 Å². The summed E-state index contributed by atoms with van der Waals surface area (Å²) in [5.41, 5.74) is 4.72. The molecule has 0 saturated heterocycles. The minimum atomic E-state index is -4.04. The maximum atomic E-state index is 12.1. The van der Waals surface area contributed by atoms with Crippen LogP contribution in [0, 0.1) is 17.8 Å². The van der Waals surface area contributed by atoms with Gasteiger partial charge in [0.05, 0.1) is 5.02 Å². The molecule has 1 aromatic carbocycles. The van der Waals surface area contributed by atoms with Gasteiger partial charge in [-0.1, -0.05) is 18.0 Å². The van der Waals surface area contributed by atoms with Crippen LogP contribution >= 0.6 is 11.6 Å². The summed E-state index contributed by atoms with van der Waals surface area (Å²) in [6, 6.07) is 3.71. The monoisotopic (exact) mass is 385 g/mol. The molecule has 7 nitrogen and oxygen atoms in total. The summed E-state index contributed by atoms with van der Waals surface area (Å²) in [6.45, 7) is 0. The molecule has 0 unspecified atom stereocenters. The molecule has 2 aliphatic carbocycles. The van der Waals surface area contributed by atoms with E-state index in [1.54, 1.807) is 0 Å². The van der Waals surface area contributed by atoms with E-state index in [4.69, 9.17) is 16.7 Å². The van der Waals surface area contributed by atoms with E-state index in [1.165, 1.54) is 31.4 Å². The lowest BCUT2D eigenvalue weighted by molar-refractivity contribution is -0.123. The molecule has 0 spiro atoms. The molecule has 0 aromatic heterocycles. The average Bonchev–Trinajstić information content (AvgIpc) is 3.14. The Kier molecular flexibility index (Phi) is 5.04. The predicted molar refractivity (Wildman–Crippen MR) is 92.0 cm³/mol. The van der Waals surface area contributed by atoms with Crippen LogP contribution in [0.3, 0.4) is 0 Å². The van der Waals surface area contributed by atoms with Crippen molar-refractivity contribution in [3.8, 4) is 0 Å². The number of nitrogens with one attached hydrogen (secondary N) is 2. The highest BCUT2D eigenvalue weighted by molar-refractivity contribution is 7.89. The van der Waals surface area contributed by atoms with Gasteiger partial charge in [-0.25, -0.2) is 13.6 Å². The van der Waals surface area contributed by atoms with Crippen molar-refractivity contribution in [2.24, 2.45) is 22.9 Å². The Morgan fingerprint density at radius 3 is 2.56 bits per heavy atom. The first-order valence-corrected chi connectivity index (χ1v) is 10.1. The van der Waals surface area contributed by atoms with E-state index in [0.29, 0.717) is 18.3 Å². The van der Waals surface area contributed by atoms with E-state index >= 15 is 0 Å². The van der Waals surface area contributed by atoms with Crippen molar-refractivity contribution in [1.29, 1.82) is 0 Å². The topological polar surface area (TPSA) is 118 Å². The van der Waals surface area contributed by atoms with Gasteiger partial charge in [0.15, 0.2) is 0 Å². The highest BCUT2D eigenvalue weighted by atomic mass is 35.5. The van der Waals surface area contributed by atoms with Gasteiger partial charge in [0.25, 0.3) is 5.91 Å². The number of carbonyl (C=O) groups is 2. The molecule has 3 rings (SSSR count). The average molecular weight is 386 g/mol. The number of hydrazine groups is 1. The molecule has 136 valence electrons. The third kappa shape index (κ3) is 4.13. The quantitative estimate of drug-likeness (QED) is 0.681. The van der Waals surface area contributed by atoms with Crippen molar-refractivity contribution >= 4 is 33.4 Å². The number of sulfonamides is 1. The molecule has 2 saturated carbocycles. The smallest absolute Gasteiger partial charge is 0.269 e. The van der Waals surface area contributed by atoms with Crippen molar-refractivity contribution < 1.29 is 18.0 Å². The molecular weight excluding hydrogens is 366 g/mol. The zero-order valence-corrected chi connectivity index (χ0v) is 15.1. The number of amides is 2. The van der Waals surface area contributed by atoms with Gasteiger partial charge >= 0.3 is 0 Å². The van der Waals surface area contributed by atoms with E-state index in [-0.39, 0.29) is 21.4 Å². The second-order valence-corrected chi connectivity index (χ2v) is 8.77. The van der Waals surface area contributed by atoms with Crippen LogP contribution in [0.2, 0.25) is 5.02 Å². The first-order valence-electron chi connectivity index (χ1n) is 8.15. The number of primary sulfonamides is 1. The molecule has 4 N–H and O–H groups in total. The Labute approximate surface area is 151 Å². The zero-order chi connectivity index (χ0) is 18.2. The Morgan fingerprint density at radius 1 is 1.20 bits per heavy atom. The summed E-state index contributed by atoms with van der Waals surface area (Å²) in [4.78, 5) is 23.8. The zero-order valence-electron chi connectivity index (χ0n) is 13.5. The van der Waals surface area contributed by atoms with Crippen LogP contribution in [0.25, 0.3) is 0 Å². The molecular formula is C16H20ClN3O4S. The molecule has 9 heteroatoms. The van der Waals surface area contributed by atoms with E-state index in [9.17, 15) is 18.0 Å². The van der Waals surface area contributed by atoms with Crippen LogP contribution < -0.4 is 16.0 Å². The third-order valence-corrected chi connectivity index (χ3v) is 6.54. The normalized spacial score (nSPS) is 25.0. The molecule has 0 radical (unpaired) electrons. The number of rotatable bonds is 4. The summed E-state index contributed by atoms with van der Waals surface area (Å²) in [5.74, 6) is 0.887.